The number of pyridine rings is 1. The lowest BCUT2D eigenvalue weighted by Gasteiger charge is -2.24. The molecule has 0 aliphatic heterocycles. The van der Waals surface area contributed by atoms with Crippen LogP contribution in [0, 0.1) is 5.41 Å². The second-order valence-electron chi connectivity index (χ2n) is 5.47. The Labute approximate surface area is 109 Å². The molecule has 0 aliphatic carbocycles. The molecule has 0 unspecified atom stereocenters. The maximum atomic E-state index is 5.56. The molecule has 0 atom stereocenters. The molecule has 1 aromatic heterocycles. The molecule has 0 saturated carbocycles. The van der Waals surface area contributed by atoms with Crippen molar-refractivity contribution in [3.63, 3.8) is 0 Å². The summed E-state index contributed by atoms with van der Waals surface area (Å²) in [6, 6.07) is 10.5. The minimum atomic E-state index is 0.141. The molecule has 96 valence electrons. The van der Waals surface area contributed by atoms with Crippen LogP contribution in [0.4, 0.5) is 0 Å². The largest absolute Gasteiger partial charge is 0.381 e. The first-order valence-corrected chi connectivity index (χ1v) is 6.53. The van der Waals surface area contributed by atoms with E-state index in [1.165, 1.54) is 10.9 Å². The first-order valence-electron chi connectivity index (χ1n) is 6.53. The normalized spacial score (nSPS) is 11.9. The lowest BCUT2D eigenvalue weighted by molar-refractivity contribution is 0.0711. The lowest BCUT2D eigenvalue weighted by atomic mass is 9.86. The first kappa shape index (κ1) is 13.0. The Hall–Kier alpha value is -1.41. The maximum absolute atomic E-state index is 5.56. The van der Waals surface area contributed by atoms with Crippen LogP contribution in [0.25, 0.3) is 10.9 Å². The molecule has 2 rings (SSSR count). The highest BCUT2D eigenvalue weighted by molar-refractivity contribution is 5.81. The molecule has 0 amide bonds. The minimum absolute atomic E-state index is 0.141. The van der Waals surface area contributed by atoms with Crippen molar-refractivity contribution >= 4 is 10.9 Å². The summed E-state index contributed by atoms with van der Waals surface area (Å²) in [6.07, 6.45) is 2.85. The third-order valence-corrected chi connectivity index (χ3v) is 3.08. The Morgan fingerprint density at radius 2 is 1.94 bits per heavy atom. The van der Waals surface area contributed by atoms with E-state index in [2.05, 4.69) is 43.1 Å². The van der Waals surface area contributed by atoms with E-state index < -0.39 is 0 Å². The Bertz CT molecular complexity index is 514. The van der Waals surface area contributed by atoms with Gasteiger partial charge in [0.2, 0.25) is 0 Å². The molecule has 0 bridgehead atoms. The summed E-state index contributed by atoms with van der Waals surface area (Å²) >= 11 is 0. The lowest BCUT2D eigenvalue weighted by Crippen LogP contribution is -2.22. The Morgan fingerprint density at radius 1 is 1.17 bits per heavy atom. The van der Waals surface area contributed by atoms with Gasteiger partial charge >= 0.3 is 0 Å². The third kappa shape index (κ3) is 3.08. The summed E-state index contributed by atoms with van der Waals surface area (Å²) in [5.74, 6) is 0. The van der Waals surface area contributed by atoms with Gasteiger partial charge in [-0.1, -0.05) is 38.1 Å². The van der Waals surface area contributed by atoms with Crippen molar-refractivity contribution in [2.75, 3.05) is 13.2 Å². The highest BCUT2D eigenvalue weighted by atomic mass is 16.5. The van der Waals surface area contributed by atoms with E-state index in [1.807, 2.05) is 19.2 Å². The second-order valence-corrected chi connectivity index (χ2v) is 5.47. The van der Waals surface area contributed by atoms with E-state index in [0.29, 0.717) is 0 Å². The van der Waals surface area contributed by atoms with E-state index in [4.69, 9.17) is 4.74 Å². The van der Waals surface area contributed by atoms with Crippen molar-refractivity contribution in [1.29, 1.82) is 0 Å². The summed E-state index contributed by atoms with van der Waals surface area (Å²) in [7, 11) is 0. The van der Waals surface area contributed by atoms with Gasteiger partial charge in [-0.05, 0) is 30.4 Å². The van der Waals surface area contributed by atoms with E-state index in [9.17, 15) is 0 Å². The number of nitrogens with zero attached hydrogens (tertiary/aromatic N) is 1. The molecule has 1 aromatic carbocycles. The van der Waals surface area contributed by atoms with Crippen LogP contribution in [-0.4, -0.2) is 18.2 Å². The van der Waals surface area contributed by atoms with Gasteiger partial charge in [-0.3, -0.25) is 4.98 Å². The van der Waals surface area contributed by atoms with Gasteiger partial charge in [0.15, 0.2) is 0 Å². The quantitative estimate of drug-likeness (QED) is 0.796. The predicted octanol–water partition coefficient (Wildman–Crippen LogP) is 3.84. The number of aromatic nitrogens is 1. The van der Waals surface area contributed by atoms with Crippen molar-refractivity contribution < 1.29 is 4.74 Å². The van der Waals surface area contributed by atoms with Crippen LogP contribution in [-0.2, 0) is 11.2 Å². The van der Waals surface area contributed by atoms with E-state index in [-0.39, 0.29) is 5.41 Å². The number of benzene rings is 1. The van der Waals surface area contributed by atoms with Crippen LogP contribution in [0.5, 0.6) is 0 Å². The molecule has 18 heavy (non-hydrogen) atoms. The smallest absolute Gasteiger partial charge is 0.0734 e. The second kappa shape index (κ2) is 5.49. The molecule has 0 spiro atoms. The summed E-state index contributed by atoms with van der Waals surface area (Å²) in [5, 5.41) is 1.21. The van der Waals surface area contributed by atoms with Crippen molar-refractivity contribution in [2.45, 2.75) is 27.2 Å². The Balaban J connectivity index is 2.26. The van der Waals surface area contributed by atoms with Crippen LogP contribution in [0.2, 0.25) is 0 Å². The van der Waals surface area contributed by atoms with E-state index in [0.717, 1.165) is 25.2 Å². The molecule has 0 saturated heterocycles. The molecule has 1 heterocycles. The van der Waals surface area contributed by atoms with Gasteiger partial charge in [0.25, 0.3) is 0 Å². The van der Waals surface area contributed by atoms with Gasteiger partial charge < -0.3 is 4.74 Å². The van der Waals surface area contributed by atoms with Gasteiger partial charge in [0.1, 0.15) is 0 Å². The molecule has 2 nitrogen and oxygen atoms in total. The van der Waals surface area contributed by atoms with Crippen molar-refractivity contribution in [3.05, 3.63) is 42.1 Å². The zero-order valence-electron chi connectivity index (χ0n) is 11.4. The molecular formula is C16H21NO. The van der Waals surface area contributed by atoms with Gasteiger partial charge in [-0.25, -0.2) is 0 Å². The van der Waals surface area contributed by atoms with Gasteiger partial charge in [-0.2, -0.15) is 0 Å². The monoisotopic (exact) mass is 243 g/mol. The number of para-hydroxylation sites is 1. The van der Waals surface area contributed by atoms with Crippen LogP contribution in [0.3, 0.4) is 0 Å². The minimum Gasteiger partial charge on any atom is -0.381 e. The highest BCUT2D eigenvalue weighted by Gasteiger charge is 2.20. The fourth-order valence-electron chi connectivity index (χ4n) is 2.26. The molecule has 0 radical (unpaired) electrons. The van der Waals surface area contributed by atoms with Gasteiger partial charge in [-0.15, -0.1) is 0 Å². The Kier molecular flexibility index (Phi) is 3.97. The topological polar surface area (TPSA) is 22.1 Å². The van der Waals surface area contributed by atoms with Crippen LogP contribution < -0.4 is 0 Å². The van der Waals surface area contributed by atoms with Crippen LogP contribution >= 0.6 is 0 Å². The van der Waals surface area contributed by atoms with Gasteiger partial charge in [0.05, 0.1) is 12.1 Å². The third-order valence-electron chi connectivity index (χ3n) is 3.08. The average Bonchev–Trinajstić information content (AvgIpc) is 2.37. The number of hydrogen-bond donors (Lipinski definition) is 0. The summed E-state index contributed by atoms with van der Waals surface area (Å²) < 4.78 is 5.56. The van der Waals surface area contributed by atoms with Crippen molar-refractivity contribution in [3.8, 4) is 0 Å². The van der Waals surface area contributed by atoms with Crippen molar-refractivity contribution in [1.82, 2.24) is 4.98 Å². The number of hydrogen-bond acceptors (Lipinski definition) is 2. The number of fused-ring (bicyclic) bond motifs is 1. The van der Waals surface area contributed by atoms with E-state index >= 15 is 0 Å². The van der Waals surface area contributed by atoms with E-state index in [1.54, 1.807) is 0 Å². The fraction of sp³-hybridized carbons (Fsp3) is 0.438. The highest BCUT2D eigenvalue weighted by Crippen LogP contribution is 2.26. The standard InChI is InChI=1S/C16H21NO/c1-4-18-12-16(2,3)11-14-8-5-7-13-9-6-10-17-15(13)14/h5-10H,4,11-12H2,1-3H3. The fourth-order valence-corrected chi connectivity index (χ4v) is 2.26. The Morgan fingerprint density at radius 3 is 2.72 bits per heavy atom. The summed E-state index contributed by atoms with van der Waals surface area (Å²) in [4.78, 5) is 4.50. The molecular weight excluding hydrogens is 222 g/mol. The first-order chi connectivity index (χ1) is 8.62. The predicted molar refractivity (Wildman–Crippen MR) is 75.7 cm³/mol. The molecule has 0 aliphatic rings. The SMILES string of the molecule is CCOCC(C)(C)Cc1cccc2cccnc12. The zero-order chi connectivity index (χ0) is 13.0. The molecule has 2 heteroatoms. The molecule has 0 fully saturated rings. The maximum Gasteiger partial charge on any atom is 0.0734 e. The number of ether oxygens (including phenoxy) is 1. The summed E-state index contributed by atoms with van der Waals surface area (Å²) in [6.45, 7) is 8.08. The number of rotatable bonds is 5. The van der Waals surface area contributed by atoms with Crippen LogP contribution in [0.1, 0.15) is 26.3 Å². The van der Waals surface area contributed by atoms with Crippen LogP contribution in [0.15, 0.2) is 36.5 Å². The van der Waals surface area contributed by atoms with Gasteiger partial charge in [0, 0.05) is 18.2 Å². The average molecular weight is 243 g/mol. The van der Waals surface area contributed by atoms with Crippen molar-refractivity contribution in [2.24, 2.45) is 5.41 Å². The molecule has 0 N–H and O–H groups in total. The molecule has 2 aromatic rings. The zero-order valence-corrected chi connectivity index (χ0v) is 11.4. The summed E-state index contributed by atoms with van der Waals surface area (Å²) in [5.41, 5.74) is 2.56.